The van der Waals surface area contributed by atoms with Crippen LogP contribution in [-0.4, -0.2) is 11.5 Å². The Hall–Kier alpha value is -1.34. The van der Waals surface area contributed by atoms with E-state index < -0.39 is 18.8 Å². The normalized spacial score (nSPS) is 22.8. The number of rotatable bonds is 4. The first-order valence-corrected chi connectivity index (χ1v) is 9.88. The maximum absolute atomic E-state index is 12.8. The molecular weight excluding hydrogens is 427 g/mol. The lowest BCUT2D eigenvalue weighted by Gasteiger charge is -2.29. The summed E-state index contributed by atoms with van der Waals surface area (Å²) in [5.41, 5.74) is 0.347. The zero-order chi connectivity index (χ0) is 18.9. The van der Waals surface area contributed by atoms with E-state index in [0.717, 1.165) is 0 Å². The van der Waals surface area contributed by atoms with E-state index in [2.05, 4.69) is 0 Å². The Morgan fingerprint density at radius 2 is 1.88 bits per heavy atom. The van der Waals surface area contributed by atoms with Gasteiger partial charge in [-0.25, -0.2) is 4.57 Å². The van der Waals surface area contributed by atoms with Crippen LogP contribution in [0.1, 0.15) is 18.1 Å². The number of phosphoric ester groups is 1. The van der Waals surface area contributed by atoms with Gasteiger partial charge in [0, 0.05) is 29.1 Å². The summed E-state index contributed by atoms with van der Waals surface area (Å²) in [7, 11) is -3.96. The van der Waals surface area contributed by atoms with Crippen molar-refractivity contribution in [3.05, 3.63) is 67.1 Å². The van der Waals surface area contributed by atoms with Crippen LogP contribution in [0.5, 0.6) is 5.75 Å². The molecule has 3 rings (SSSR count). The van der Waals surface area contributed by atoms with Crippen LogP contribution in [0.25, 0.3) is 0 Å². The molecule has 0 aromatic heterocycles. The van der Waals surface area contributed by atoms with Crippen molar-refractivity contribution in [2.45, 2.75) is 12.5 Å². The number of phosphoric acid groups is 1. The van der Waals surface area contributed by atoms with Gasteiger partial charge in [0.05, 0.1) is 27.7 Å². The molecule has 1 saturated heterocycles. The average molecular weight is 439 g/mol. The molecule has 7 nitrogen and oxygen atoms in total. The standard InChI is InChI=1S/C15H11Cl3NO6P/c16-9-7-12(15(18)13(17)8-9)14-5-6-23-26(22,25-14)24-11-3-1-10(2-4-11)19(20)21/h1-4,7-8,14H,5-6H2/t14-,26+/m1/s1. The van der Waals surface area contributed by atoms with Gasteiger partial charge in [0.1, 0.15) is 5.75 Å². The van der Waals surface area contributed by atoms with Crippen LogP contribution < -0.4 is 4.52 Å². The third-order valence-electron chi connectivity index (χ3n) is 3.52. The lowest BCUT2D eigenvalue weighted by molar-refractivity contribution is -0.384. The van der Waals surface area contributed by atoms with Crippen LogP contribution in [-0.2, 0) is 13.6 Å². The number of nitro groups is 1. The topological polar surface area (TPSA) is 87.9 Å². The highest BCUT2D eigenvalue weighted by Gasteiger charge is 2.38. The van der Waals surface area contributed by atoms with E-state index >= 15 is 0 Å². The number of nitrogens with zero attached hydrogens (tertiary/aromatic N) is 1. The van der Waals surface area contributed by atoms with Gasteiger partial charge in [0.15, 0.2) is 0 Å². The van der Waals surface area contributed by atoms with Crippen molar-refractivity contribution in [2.75, 3.05) is 6.61 Å². The Labute approximate surface area is 163 Å². The van der Waals surface area contributed by atoms with Gasteiger partial charge in [0.25, 0.3) is 5.69 Å². The van der Waals surface area contributed by atoms with Gasteiger partial charge < -0.3 is 4.52 Å². The predicted octanol–water partition coefficient (Wildman–Crippen LogP) is 6.22. The highest BCUT2D eigenvalue weighted by atomic mass is 35.5. The molecular formula is C15H11Cl3NO6P. The zero-order valence-electron chi connectivity index (χ0n) is 12.9. The van der Waals surface area contributed by atoms with E-state index in [1.807, 2.05) is 0 Å². The summed E-state index contributed by atoms with van der Waals surface area (Å²) >= 11 is 18.2. The SMILES string of the molecule is O=[N+]([O-])c1ccc(O[P@]2(=O)OCC[C@H](c3cc(Cl)cc(Cl)c3Cl)O2)cc1. The van der Waals surface area contributed by atoms with Crippen molar-refractivity contribution in [3.63, 3.8) is 0 Å². The van der Waals surface area contributed by atoms with Crippen LogP contribution >= 0.6 is 42.6 Å². The summed E-state index contributed by atoms with van der Waals surface area (Å²) in [6.07, 6.45) is -0.333. The smallest absolute Gasteiger partial charge is 0.404 e. The summed E-state index contributed by atoms with van der Waals surface area (Å²) < 4.78 is 28.8. The first kappa shape index (κ1) is 19.4. The van der Waals surface area contributed by atoms with Crippen LogP contribution in [0.4, 0.5) is 5.69 Å². The molecule has 1 aliphatic heterocycles. The highest BCUT2D eigenvalue weighted by molar-refractivity contribution is 7.49. The van der Waals surface area contributed by atoms with Gasteiger partial charge in [-0.1, -0.05) is 34.8 Å². The van der Waals surface area contributed by atoms with Crippen molar-refractivity contribution in [1.29, 1.82) is 0 Å². The summed E-state index contributed by atoms with van der Waals surface area (Å²) in [5, 5.41) is 11.5. The van der Waals surface area contributed by atoms with Crippen LogP contribution in [0.15, 0.2) is 36.4 Å². The van der Waals surface area contributed by atoms with E-state index in [4.69, 9.17) is 48.4 Å². The van der Waals surface area contributed by atoms with Crippen molar-refractivity contribution in [2.24, 2.45) is 0 Å². The van der Waals surface area contributed by atoms with E-state index in [1.54, 1.807) is 6.07 Å². The van der Waals surface area contributed by atoms with Crippen LogP contribution in [0.2, 0.25) is 15.1 Å². The quantitative estimate of drug-likeness (QED) is 0.244. The molecule has 2 atom stereocenters. The molecule has 1 aliphatic rings. The first-order chi connectivity index (χ1) is 12.3. The van der Waals surface area contributed by atoms with Crippen molar-refractivity contribution in [1.82, 2.24) is 0 Å². The van der Waals surface area contributed by atoms with Gasteiger partial charge in [-0.2, -0.15) is 0 Å². The molecule has 138 valence electrons. The molecule has 0 unspecified atom stereocenters. The third-order valence-corrected chi connectivity index (χ3v) is 6.00. The lowest BCUT2D eigenvalue weighted by atomic mass is 10.1. The molecule has 11 heteroatoms. The fourth-order valence-electron chi connectivity index (χ4n) is 2.34. The second-order valence-electron chi connectivity index (χ2n) is 5.30. The Balaban J connectivity index is 1.81. The molecule has 2 aromatic rings. The average Bonchev–Trinajstić information content (AvgIpc) is 2.58. The molecule has 1 heterocycles. The number of halogens is 3. The molecule has 26 heavy (non-hydrogen) atoms. The van der Waals surface area contributed by atoms with E-state index in [9.17, 15) is 14.7 Å². The summed E-state index contributed by atoms with van der Waals surface area (Å²) in [4.78, 5) is 10.1. The largest absolute Gasteiger partial charge is 0.530 e. The number of hydrogen-bond acceptors (Lipinski definition) is 6. The Kier molecular flexibility index (Phi) is 5.77. The fourth-order valence-corrected chi connectivity index (χ4v) is 4.47. The second-order valence-corrected chi connectivity index (χ2v) is 8.06. The monoisotopic (exact) mass is 437 g/mol. The first-order valence-electron chi connectivity index (χ1n) is 7.29. The van der Waals surface area contributed by atoms with Gasteiger partial charge in [0.2, 0.25) is 0 Å². The maximum Gasteiger partial charge on any atom is 0.530 e. The summed E-state index contributed by atoms with van der Waals surface area (Å²) in [5.74, 6) is 0.106. The third kappa shape index (κ3) is 4.31. The second kappa shape index (κ2) is 7.72. The Morgan fingerprint density at radius 3 is 2.54 bits per heavy atom. The number of hydrogen-bond donors (Lipinski definition) is 0. The van der Waals surface area contributed by atoms with E-state index in [0.29, 0.717) is 17.0 Å². The Morgan fingerprint density at radius 1 is 1.19 bits per heavy atom. The zero-order valence-corrected chi connectivity index (χ0v) is 16.1. The predicted molar refractivity (Wildman–Crippen MR) is 97.2 cm³/mol. The van der Waals surface area contributed by atoms with Gasteiger partial charge in [-0.3, -0.25) is 19.2 Å². The molecule has 1 fully saturated rings. The molecule has 0 saturated carbocycles. The molecule has 0 radical (unpaired) electrons. The minimum atomic E-state index is -3.96. The highest BCUT2D eigenvalue weighted by Crippen LogP contribution is 2.57. The molecule has 2 aromatic carbocycles. The number of nitro benzene ring substituents is 1. The molecule has 0 amide bonds. The van der Waals surface area contributed by atoms with Gasteiger partial charge in [-0.05, 0) is 24.3 Å². The summed E-state index contributed by atoms with van der Waals surface area (Å²) in [6.45, 7) is 0.0926. The van der Waals surface area contributed by atoms with Crippen molar-refractivity contribution >= 4 is 48.3 Å². The molecule has 0 spiro atoms. The van der Waals surface area contributed by atoms with Gasteiger partial charge in [-0.15, -0.1) is 0 Å². The van der Waals surface area contributed by atoms with Crippen LogP contribution in [0.3, 0.4) is 0 Å². The minimum Gasteiger partial charge on any atom is -0.404 e. The minimum absolute atomic E-state index is 0.0926. The number of benzene rings is 2. The molecule has 0 aliphatic carbocycles. The van der Waals surface area contributed by atoms with Crippen molar-refractivity contribution < 1.29 is 23.1 Å². The van der Waals surface area contributed by atoms with Crippen molar-refractivity contribution in [3.8, 4) is 5.75 Å². The maximum atomic E-state index is 12.8. The number of non-ortho nitro benzene ring substituents is 1. The molecule has 0 bridgehead atoms. The van der Waals surface area contributed by atoms with E-state index in [-0.39, 0.29) is 28.1 Å². The summed E-state index contributed by atoms with van der Waals surface area (Å²) in [6, 6.07) is 8.10. The Bertz CT molecular complexity index is 892. The van der Waals surface area contributed by atoms with Gasteiger partial charge >= 0.3 is 7.82 Å². The molecule has 0 N–H and O–H groups in total. The lowest BCUT2D eigenvalue weighted by Crippen LogP contribution is -2.17. The van der Waals surface area contributed by atoms with E-state index in [1.165, 1.54) is 30.3 Å². The van der Waals surface area contributed by atoms with Crippen LogP contribution in [0, 0.1) is 10.1 Å². The fraction of sp³-hybridized carbons (Fsp3) is 0.200.